The van der Waals surface area contributed by atoms with Crippen LogP contribution in [-0.4, -0.2) is 48.3 Å². The first kappa shape index (κ1) is 23.2. The zero-order valence-corrected chi connectivity index (χ0v) is 17.9. The maximum Gasteiger partial charge on any atom is 0.421 e. The second kappa shape index (κ2) is 8.12. The van der Waals surface area contributed by atoms with Gasteiger partial charge < -0.3 is 14.7 Å². The molecule has 33 heavy (non-hydrogen) atoms. The highest BCUT2D eigenvalue weighted by Gasteiger charge is 2.45. The van der Waals surface area contributed by atoms with Gasteiger partial charge in [0.2, 0.25) is 5.91 Å². The van der Waals surface area contributed by atoms with E-state index in [0.29, 0.717) is 0 Å². The van der Waals surface area contributed by atoms with Gasteiger partial charge in [-0.15, -0.1) is 0 Å². The van der Waals surface area contributed by atoms with E-state index < -0.39 is 46.6 Å². The SMILES string of the molecule is COc1cc(F)c([C@H]2CC(=O)N(c3nccc(N4CCC(C)(O)C4)c3C(F)(F)F)C2)c(F)c1. The summed E-state index contributed by atoms with van der Waals surface area (Å²) in [5.74, 6) is -4.27. The fourth-order valence-corrected chi connectivity index (χ4v) is 4.51. The molecule has 0 saturated carbocycles. The van der Waals surface area contributed by atoms with E-state index in [0.717, 1.165) is 23.2 Å². The molecule has 4 rings (SSSR count). The number of hydrogen-bond acceptors (Lipinski definition) is 5. The molecule has 178 valence electrons. The molecule has 2 atom stereocenters. The molecule has 2 aliphatic heterocycles. The third kappa shape index (κ3) is 4.33. The molecule has 2 aromatic rings. The van der Waals surface area contributed by atoms with Crippen molar-refractivity contribution in [3.8, 4) is 5.75 Å². The topological polar surface area (TPSA) is 65.9 Å². The van der Waals surface area contributed by atoms with Gasteiger partial charge in [0.25, 0.3) is 0 Å². The summed E-state index contributed by atoms with van der Waals surface area (Å²) in [5, 5.41) is 10.2. The Kier molecular flexibility index (Phi) is 5.71. The van der Waals surface area contributed by atoms with Gasteiger partial charge in [0.1, 0.15) is 28.8 Å². The summed E-state index contributed by atoms with van der Waals surface area (Å²) in [6.07, 6.45) is -3.80. The maximum atomic E-state index is 14.5. The van der Waals surface area contributed by atoms with Crippen LogP contribution in [0.15, 0.2) is 24.4 Å². The molecule has 6 nitrogen and oxygen atoms in total. The lowest BCUT2D eigenvalue weighted by Crippen LogP contribution is -2.33. The fourth-order valence-electron chi connectivity index (χ4n) is 4.51. The molecule has 1 aromatic carbocycles. The average molecular weight is 471 g/mol. The molecule has 1 amide bonds. The average Bonchev–Trinajstić information content (AvgIpc) is 3.28. The number of rotatable bonds is 4. The summed E-state index contributed by atoms with van der Waals surface area (Å²) in [5.41, 5.74) is -2.85. The van der Waals surface area contributed by atoms with Crippen LogP contribution >= 0.6 is 0 Å². The monoisotopic (exact) mass is 471 g/mol. The van der Waals surface area contributed by atoms with Crippen LogP contribution in [0.25, 0.3) is 0 Å². The molecule has 0 bridgehead atoms. The number of carbonyl (C=O) groups is 1. The standard InChI is InChI=1S/C22H22F5N3O3/c1-21(32)4-6-29(11-21)16-3-5-28-20(19(16)22(25,26)27)30-10-12(7-17(30)31)18-14(23)8-13(33-2)9-15(18)24/h3,5,8-9,12,32H,4,6-7,10-11H2,1-2H3/t12-,21?/m0/s1. The summed E-state index contributed by atoms with van der Waals surface area (Å²) >= 11 is 0. The highest BCUT2D eigenvalue weighted by molar-refractivity contribution is 5.97. The van der Waals surface area contributed by atoms with E-state index in [1.165, 1.54) is 25.0 Å². The third-order valence-electron chi connectivity index (χ3n) is 6.06. The molecule has 3 heterocycles. The van der Waals surface area contributed by atoms with Crippen molar-refractivity contribution in [1.29, 1.82) is 0 Å². The first-order chi connectivity index (χ1) is 15.4. The van der Waals surface area contributed by atoms with E-state index in [-0.39, 0.29) is 49.5 Å². The maximum absolute atomic E-state index is 14.5. The van der Waals surface area contributed by atoms with Crippen molar-refractivity contribution in [3.63, 3.8) is 0 Å². The number of carbonyl (C=O) groups excluding carboxylic acids is 1. The van der Waals surface area contributed by atoms with Gasteiger partial charge in [-0.1, -0.05) is 0 Å². The number of methoxy groups -OCH3 is 1. The largest absolute Gasteiger partial charge is 0.497 e. The van der Waals surface area contributed by atoms with Crippen molar-refractivity contribution in [2.24, 2.45) is 0 Å². The van der Waals surface area contributed by atoms with Gasteiger partial charge in [-0.3, -0.25) is 9.69 Å². The number of amides is 1. The van der Waals surface area contributed by atoms with E-state index in [9.17, 15) is 31.9 Å². The molecule has 0 spiro atoms. The lowest BCUT2D eigenvalue weighted by atomic mass is 9.97. The number of benzene rings is 1. The molecule has 2 saturated heterocycles. The van der Waals surface area contributed by atoms with Crippen LogP contribution in [0.1, 0.15) is 36.8 Å². The number of anilines is 2. The molecule has 2 aliphatic rings. The van der Waals surface area contributed by atoms with Gasteiger partial charge in [-0.05, 0) is 19.4 Å². The van der Waals surface area contributed by atoms with E-state index in [1.54, 1.807) is 0 Å². The van der Waals surface area contributed by atoms with Crippen molar-refractivity contribution in [1.82, 2.24) is 4.98 Å². The van der Waals surface area contributed by atoms with Crippen LogP contribution in [0.2, 0.25) is 0 Å². The molecule has 1 unspecified atom stereocenters. The Hall–Kier alpha value is -2.95. The normalized spacial score (nSPS) is 23.5. The van der Waals surface area contributed by atoms with Crippen molar-refractivity contribution in [2.75, 3.05) is 36.5 Å². The van der Waals surface area contributed by atoms with Gasteiger partial charge in [0.15, 0.2) is 0 Å². The minimum atomic E-state index is -4.86. The van der Waals surface area contributed by atoms with E-state index in [1.807, 2.05) is 0 Å². The Bertz CT molecular complexity index is 1070. The summed E-state index contributed by atoms with van der Waals surface area (Å²) in [7, 11) is 1.24. The predicted octanol–water partition coefficient (Wildman–Crippen LogP) is 3.87. The van der Waals surface area contributed by atoms with Crippen molar-refractivity contribution in [3.05, 3.63) is 47.2 Å². The van der Waals surface area contributed by atoms with Crippen LogP contribution in [0.3, 0.4) is 0 Å². The van der Waals surface area contributed by atoms with Gasteiger partial charge in [-0.25, -0.2) is 13.8 Å². The van der Waals surface area contributed by atoms with Crippen molar-refractivity contribution in [2.45, 2.75) is 37.5 Å². The number of nitrogens with zero attached hydrogens (tertiary/aromatic N) is 3. The fraction of sp³-hybridized carbons (Fsp3) is 0.455. The van der Waals surface area contributed by atoms with Gasteiger partial charge in [-0.2, -0.15) is 13.2 Å². The van der Waals surface area contributed by atoms with E-state index in [2.05, 4.69) is 4.98 Å². The Labute approximate surface area is 186 Å². The van der Waals surface area contributed by atoms with Crippen molar-refractivity contribution < 1.29 is 36.6 Å². The Balaban J connectivity index is 1.73. The summed E-state index contributed by atoms with van der Waals surface area (Å²) in [4.78, 5) is 18.8. The number of alkyl halides is 3. The zero-order valence-electron chi connectivity index (χ0n) is 17.9. The minimum Gasteiger partial charge on any atom is -0.497 e. The van der Waals surface area contributed by atoms with E-state index in [4.69, 9.17) is 4.74 Å². The lowest BCUT2D eigenvalue weighted by Gasteiger charge is -2.28. The Morgan fingerprint density at radius 1 is 1.24 bits per heavy atom. The second-order valence-electron chi connectivity index (χ2n) is 8.61. The summed E-state index contributed by atoms with van der Waals surface area (Å²) in [6.45, 7) is 1.35. The number of hydrogen-bond donors (Lipinski definition) is 1. The summed E-state index contributed by atoms with van der Waals surface area (Å²) < 4.78 is 76.4. The van der Waals surface area contributed by atoms with E-state index >= 15 is 0 Å². The summed E-state index contributed by atoms with van der Waals surface area (Å²) in [6, 6.07) is 3.12. The smallest absolute Gasteiger partial charge is 0.421 e. The van der Waals surface area contributed by atoms with Crippen molar-refractivity contribution >= 4 is 17.4 Å². The molecule has 0 aliphatic carbocycles. The number of ether oxygens (including phenoxy) is 1. The van der Waals surface area contributed by atoms with Crippen LogP contribution < -0.4 is 14.5 Å². The number of β-amino-alcohol motifs (C(OH)–C–C–N with tert-alkyl or cyclic N) is 1. The van der Waals surface area contributed by atoms with Gasteiger partial charge in [0.05, 0.1) is 18.4 Å². The first-order valence-corrected chi connectivity index (χ1v) is 10.3. The molecule has 1 N–H and O–H groups in total. The Morgan fingerprint density at radius 2 is 1.91 bits per heavy atom. The van der Waals surface area contributed by atoms with Gasteiger partial charge >= 0.3 is 6.18 Å². The number of aromatic nitrogens is 1. The Morgan fingerprint density at radius 3 is 2.45 bits per heavy atom. The minimum absolute atomic E-state index is 0.0155. The highest BCUT2D eigenvalue weighted by atomic mass is 19.4. The second-order valence-corrected chi connectivity index (χ2v) is 8.61. The molecular weight excluding hydrogens is 449 g/mol. The zero-order chi connectivity index (χ0) is 24.1. The van der Waals surface area contributed by atoms with Crippen LogP contribution in [0.5, 0.6) is 5.75 Å². The molecular formula is C22H22F5N3O3. The highest BCUT2D eigenvalue weighted by Crippen LogP contribution is 2.45. The van der Waals surface area contributed by atoms with Crippen LogP contribution in [0.4, 0.5) is 33.5 Å². The molecule has 2 fully saturated rings. The van der Waals surface area contributed by atoms with Gasteiger partial charge in [0, 0.05) is 55.9 Å². The predicted molar refractivity (Wildman–Crippen MR) is 109 cm³/mol. The molecule has 1 aromatic heterocycles. The van der Waals surface area contributed by atoms with Crippen LogP contribution in [0, 0.1) is 11.6 Å². The number of aliphatic hydroxyl groups is 1. The molecule has 11 heteroatoms. The van der Waals surface area contributed by atoms with Crippen LogP contribution in [-0.2, 0) is 11.0 Å². The third-order valence-corrected chi connectivity index (χ3v) is 6.06. The first-order valence-electron chi connectivity index (χ1n) is 10.3. The quantitative estimate of drug-likeness (QED) is 0.686. The number of halogens is 5. The lowest BCUT2D eigenvalue weighted by molar-refractivity contribution is -0.136. The molecule has 0 radical (unpaired) electrons. The number of pyridine rings is 1.